The largest absolute Gasteiger partial charge is 0.444 e. The van der Waals surface area contributed by atoms with Crippen molar-refractivity contribution >= 4 is 40.7 Å². The third-order valence-electron chi connectivity index (χ3n) is 8.10. The third kappa shape index (κ3) is 5.18. The molecule has 2 unspecified atom stereocenters. The lowest BCUT2D eigenvalue weighted by atomic mass is 9.92. The number of aromatic nitrogens is 4. The van der Waals surface area contributed by atoms with Gasteiger partial charge in [-0.3, -0.25) is 14.5 Å². The molecule has 41 heavy (non-hydrogen) atoms. The van der Waals surface area contributed by atoms with Crippen molar-refractivity contribution in [2.45, 2.75) is 76.6 Å². The number of ether oxygens (including phenoxy) is 1. The number of fused-ring (bicyclic) bond motifs is 3. The van der Waals surface area contributed by atoms with Crippen LogP contribution >= 0.6 is 0 Å². The van der Waals surface area contributed by atoms with E-state index in [1.54, 1.807) is 31.6 Å². The first-order valence-corrected chi connectivity index (χ1v) is 14.2. The Labute approximate surface area is 238 Å². The molecule has 2 atom stereocenters. The van der Waals surface area contributed by atoms with Crippen LogP contribution < -0.4 is 10.6 Å². The second kappa shape index (κ2) is 10.3. The van der Waals surface area contributed by atoms with Gasteiger partial charge in [0.15, 0.2) is 0 Å². The predicted octanol–water partition coefficient (Wildman–Crippen LogP) is 3.88. The fraction of sp³-hybridized carbons (Fsp3) is 0.517. The lowest BCUT2D eigenvalue weighted by Gasteiger charge is -2.41. The van der Waals surface area contributed by atoms with Crippen LogP contribution in [0.3, 0.4) is 0 Å². The van der Waals surface area contributed by atoms with E-state index in [1.165, 1.54) is 0 Å². The highest BCUT2D eigenvalue weighted by atomic mass is 16.6. The van der Waals surface area contributed by atoms with Gasteiger partial charge in [-0.05, 0) is 71.1 Å². The number of pyridine rings is 1. The van der Waals surface area contributed by atoms with Crippen molar-refractivity contribution in [1.82, 2.24) is 34.6 Å². The number of hydrogen-bond donors (Lipinski definition) is 2. The summed E-state index contributed by atoms with van der Waals surface area (Å²) in [4.78, 5) is 55.8. The minimum Gasteiger partial charge on any atom is -0.444 e. The summed E-state index contributed by atoms with van der Waals surface area (Å²) in [6.45, 7) is 6.53. The van der Waals surface area contributed by atoms with E-state index in [1.807, 2.05) is 41.2 Å². The average Bonchev–Trinajstić information content (AvgIpc) is 3.40. The van der Waals surface area contributed by atoms with Crippen molar-refractivity contribution in [3.8, 4) is 0 Å². The Kier molecular flexibility index (Phi) is 6.79. The molecule has 1 aliphatic carbocycles. The molecule has 6 rings (SSSR count). The number of hydrogen-bond acceptors (Lipinski definition) is 8. The van der Waals surface area contributed by atoms with E-state index in [4.69, 9.17) is 9.72 Å². The number of rotatable bonds is 5. The summed E-state index contributed by atoms with van der Waals surface area (Å²) in [6, 6.07) is 5.45. The van der Waals surface area contributed by atoms with Crippen LogP contribution in [-0.4, -0.2) is 85.0 Å². The van der Waals surface area contributed by atoms with Crippen molar-refractivity contribution in [2.24, 2.45) is 0 Å². The second-order valence-electron chi connectivity index (χ2n) is 12.1. The summed E-state index contributed by atoms with van der Waals surface area (Å²) in [5, 5.41) is 6.64. The van der Waals surface area contributed by atoms with Gasteiger partial charge in [0.1, 0.15) is 22.8 Å². The Bertz CT molecular complexity index is 1480. The third-order valence-corrected chi connectivity index (χ3v) is 8.10. The van der Waals surface area contributed by atoms with Gasteiger partial charge in [0, 0.05) is 44.0 Å². The van der Waals surface area contributed by atoms with Crippen LogP contribution in [-0.2, 0) is 4.74 Å². The van der Waals surface area contributed by atoms with Crippen molar-refractivity contribution in [2.75, 3.05) is 25.5 Å². The molecule has 2 bridgehead atoms. The lowest BCUT2D eigenvalue weighted by molar-refractivity contribution is -0.00336. The van der Waals surface area contributed by atoms with Crippen molar-refractivity contribution in [3.05, 3.63) is 41.9 Å². The van der Waals surface area contributed by atoms with Crippen LogP contribution in [0.15, 0.2) is 30.6 Å². The fourth-order valence-electron chi connectivity index (χ4n) is 5.96. The molecule has 12 nitrogen and oxygen atoms in total. The van der Waals surface area contributed by atoms with E-state index in [0.717, 1.165) is 37.5 Å². The Morgan fingerprint density at radius 1 is 0.976 bits per heavy atom. The van der Waals surface area contributed by atoms with Gasteiger partial charge in [-0.25, -0.2) is 14.8 Å². The second-order valence-corrected chi connectivity index (χ2v) is 12.1. The van der Waals surface area contributed by atoms with Gasteiger partial charge in [-0.1, -0.05) is 0 Å². The van der Waals surface area contributed by atoms with Crippen molar-refractivity contribution in [3.63, 3.8) is 0 Å². The molecule has 0 aromatic carbocycles. The zero-order valence-corrected chi connectivity index (χ0v) is 23.9. The molecule has 2 N–H and O–H groups in total. The van der Waals surface area contributed by atoms with Crippen LogP contribution in [0, 0.1) is 0 Å². The quantitative estimate of drug-likeness (QED) is 0.480. The van der Waals surface area contributed by atoms with E-state index >= 15 is 0 Å². The highest BCUT2D eigenvalue weighted by Crippen LogP contribution is 2.36. The predicted molar refractivity (Wildman–Crippen MR) is 152 cm³/mol. The van der Waals surface area contributed by atoms with Crippen LogP contribution in [0.5, 0.6) is 0 Å². The highest BCUT2D eigenvalue weighted by Gasteiger charge is 2.45. The summed E-state index contributed by atoms with van der Waals surface area (Å²) in [6.07, 6.45) is 7.80. The first kappa shape index (κ1) is 27.0. The van der Waals surface area contributed by atoms with Gasteiger partial charge in [0.25, 0.3) is 11.8 Å². The fourth-order valence-corrected chi connectivity index (χ4v) is 5.96. The summed E-state index contributed by atoms with van der Waals surface area (Å²) >= 11 is 0. The van der Waals surface area contributed by atoms with Crippen LogP contribution in [0.25, 0.3) is 11.0 Å². The number of piperazine rings is 1. The van der Waals surface area contributed by atoms with Gasteiger partial charge in [-0.2, -0.15) is 4.98 Å². The average molecular weight is 561 g/mol. The molecule has 3 aromatic rings. The summed E-state index contributed by atoms with van der Waals surface area (Å²) in [5.74, 6) is 0.609. The molecular weight excluding hydrogens is 524 g/mol. The minimum absolute atomic E-state index is 0.0451. The maximum Gasteiger partial charge on any atom is 0.410 e. The summed E-state index contributed by atoms with van der Waals surface area (Å²) in [7, 11) is 1.62. The van der Waals surface area contributed by atoms with Gasteiger partial charge < -0.3 is 24.8 Å². The molecule has 5 heterocycles. The maximum atomic E-state index is 13.3. The Hall–Kier alpha value is -4.22. The molecule has 0 radical (unpaired) electrons. The lowest BCUT2D eigenvalue weighted by Crippen LogP contribution is -2.57. The molecule has 3 fully saturated rings. The molecule has 3 amide bonds. The number of anilines is 2. The molecule has 2 aliphatic heterocycles. The van der Waals surface area contributed by atoms with Gasteiger partial charge >= 0.3 is 6.09 Å². The standard InChI is InChI=1S/C29H36N8O4/c1-29(2,3)41-28(40)36-20-9-10-21(36)16-35(15-20)26(39)17-8-11-23(31-13-17)33-27-32-14-18-12-22(25(38)30-4)37(24(18)34-27)19-6-5-7-19/h8,11-14,19-21H,5-7,9-10,15-16H2,1-4H3,(H,30,38)(H,31,32,33,34). The molecule has 3 aromatic heterocycles. The van der Waals surface area contributed by atoms with Crippen molar-refractivity contribution in [1.29, 1.82) is 0 Å². The monoisotopic (exact) mass is 560 g/mol. The topological polar surface area (TPSA) is 135 Å². The first-order valence-electron chi connectivity index (χ1n) is 14.2. The van der Waals surface area contributed by atoms with Crippen LogP contribution in [0.2, 0.25) is 0 Å². The molecular formula is C29H36N8O4. The number of nitrogens with one attached hydrogen (secondary N) is 2. The molecule has 1 saturated carbocycles. The summed E-state index contributed by atoms with van der Waals surface area (Å²) in [5.41, 5.74) is 1.21. The van der Waals surface area contributed by atoms with Gasteiger partial charge in [0.05, 0.1) is 17.6 Å². The van der Waals surface area contributed by atoms with E-state index in [9.17, 15) is 14.4 Å². The van der Waals surface area contributed by atoms with Crippen LogP contribution in [0.1, 0.15) is 79.8 Å². The Morgan fingerprint density at radius 2 is 1.71 bits per heavy atom. The molecule has 0 spiro atoms. The van der Waals surface area contributed by atoms with Crippen LogP contribution in [0.4, 0.5) is 16.6 Å². The van der Waals surface area contributed by atoms with Gasteiger partial charge in [0.2, 0.25) is 5.95 Å². The number of carbonyl (C=O) groups is 3. The molecule has 2 saturated heterocycles. The van der Waals surface area contributed by atoms with E-state index in [0.29, 0.717) is 41.8 Å². The molecule has 3 aliphatic rings. The molecule has 12 heteroatoms. The SMILES string of the molecule is CNC(=O)c1cc2cnc(Nc3ccc(C(=O)N4CC5CCC(C4)N5C(=O)OC(C)(C)C)cn3)nc2n1C1CCC1. The number of nitrogens with zero attached hydrogens (tertiary/aromatic N) is 6. The Morgan fingerprint density at radius 3 is 2.29 bits per heavy atom. The molecule has 216 valence electrons. The number of carbonyl (C=O) groups excluding carboxylic acids is 3. The minimum atomic E-state index is -0.558. The van der Waals surface area contributed by atoms with Gasteiger partial charge in [-0.15, -0.1) is 0 Å². The Balaban J connectivity index is 1.14. The van der Waals surface area contributed by atoms with E-state index in [2.05, 4.69) is 20.6 Å². The highest BCUT2D eigenvalue weighted by molar-refractivity contribution is 5.98. The smallest absolute Gasteiger partial charge is 0.410 e. The zero-order valence-electron chi connectivity index (χ0n) is 23.9. The van der Waals surface area contributed by atoms with E-state index in [-0.39, 0.29) is 36.0 Å². The first-order chi connectivity index (χ1) is 19.6. The number of amides is 3. The normalized spacial score (nSPS) is 20.6. The number of likely N-dealkylation sites (tertiary alicyclic amines) is 1. The maximum absolute atomic E-state index is 13.3. The van der Waals surface area contributed by atoms with Crippen molar-refractivity contribution < 1.29 is 19.1 Å². The zero-order chi connectivity index (χ0) is 28.9. The summed E-state index contributed by atoms with van der Waals surface area (Å²) < 4.78 is 7.61. The van der Waals surface area contributed by atoms with E-state index < -0.39 is 5.60 Å².